The number of rotatable bonds is 0. The SMILES string of the molecule is [OH-].[OH-].[OH-].[OH-].[Si+4]. The first-order chi connectivity index (χ1) is 0. The summed E-state index contributed by atoms with van der Waals surface area (Å²) in [6.07, 6.45) is 0. The van der Waals surface area contributed by atoms with Crippen molar-refractivity contribution in [2.24, 2.45) is 0 Å². The molecule has 5 heavy (non-hydrogen) atoms. The molecule has 0 aliphatic heterocycles. The normalized spacial score (nSPS) is 0. The van der Waals surface area contributed by atoms with Crippen molar-refractivity contribution in [3.8, 4) is 0 Å². The molecule has 0 aromatic carbocycles. The van der Waals surface area contributed by atoms with Gasteiger partial charge in [-0.2, -0.15) is 0 Å². The molecule has 0 rings (SSSR count). The topological polar surface area (TPSA) is 120 Å². The van der Waals surface area contributed by atoms with Crippen molar-refractivity contribution >= 4 is 11.0 Å². The minimum Gasteiger partial charge on any atom is -0.870 e. The summed E-state index contributed by atoms with van der Waals surface area (Å²) in [6.45, 7) is 0. The van der Waals surface area contributed by atoms with E-state index in [-0.39, 0.29) is 32.9 Å². The molecule has 0 spiro atoms. The predicted octanol–water partition coefficient (Wildman–Crippen LogP) is -1.09. The van der Waals surface area contributed by atoms with E-state index in [1.54, 1.807) is 0 Å². The quantitative estimate of drug-likeness (QED) is 0.356. The Morgan fingerprint density at radius 1 is 0.400 bits per heavy atom. The van der Waals surface area contributed by atoms with Gasteiger partial charge in [-0.1, -0.05) is 0 Å². The van der Waals surface area contributed by atoms with E-state index in [2.05, 4.69) is 0 Å². The second kappa shape index (κ2) is 11700. The van der Waals surface area contributed by atoms with Crippen LogP contribution in [0.15, 0.2) is 0 Å². The van der Waals surface area contributed by atoms with Crippen molar-refractivity contribution in [3.05, 3.63) is 0 Å². The molecule has 0 aromatic heterocycles. The molecule has 0 radical (unpaired) electrons. The monoisotopic (exact) mass is 96.0 g/mol. The fourth-order valence-electron chi connectivity index (χ4n) is 0. The molecule has 0 aromatic rings. The molecule has 0 aliphatic carbocycles. The predicted molar refractivity (Wildman–Crippen MR) is 13.5 cm³/mol. The van der Waals surface area contributed by atoms with Gasteiger partial charge in [0, 0.05) is 0 Å². The van der Waals surface area contributed by atoms with Gasteiger partial charge in [-0.3, -0.25) is 0 Å². The fraction of sp³-hybridized carbons (Fsp3) is 0. The molecular formula is H4O4Si. The molecule has 32 valence electrons. The van der Waals surface area contributed by atoms with Crippen LogP contribution in [0.5, 0.6) is 0 Å². The van der Waals surface area contributed by atoms with Crippen LogP contribution in [-0.4, -0.2) is 32.9 Å². The van der Waals surface area contributed by atoms with E-state index in [1.807, 2.05) is 0 Å². The van der Waals surface area contributed by atoms with E-state index < -0.39 is 0 Å². The van der Waals surface area contributed by atoms with E-state index in [4.69, 9.17) is 0 Å². The van der Waals surface area contributed by atoms with Gasteiger partial charge in [0.25, 0.3) is 0 Å². The zero-order chi connectivity index (χ0) is 0. The maximum Gasteiger partial charge on any atom is 4.00 e. The van der Waals surface area contributed by atoms with E-state index in [1.165, 1.54) is 0 Å². The van der Waals surface area contributed by atoms with Crippen LogP contribution >= 0.6 is 0 Å². The van der Waals surface area contributed by atoms with Crippen LogP contribution < -0.4 is 0 Å². The Morgan fingerprint density at radius 3 is 0.400 bits per heavy atom. The average molecular weight is 96.1 g/mol. The van der Waals surface area contributed by atoms with Gasteiger partial charge in [0.05, 0.1) is 0 Å². The molecule has 0 atom stereocenters. The summed E-state index contributed by atoms with van der Waals surface area (Å²) in [6, 6.07) is 0. The van der Waals surface area contributed by atoms with E-state index in [9.17, 15) is 0 Å². The first-order valence-corrected chi connectivity index (χ1v) is 0. The van der Waals surface area contributed by atoms with Crippen LogP contribution in [0.3, 0.4) is 0 Å². The summed E-state index contributed by atoms with van der Waals surface area (Å²) in [5, 5.41) is 0. The van der Waals surface area contributed by atoms with Gasteiger partial charge in [0.1, 0.15) is 0 Å². The van der Waals surface area contributed by atoms with Crippen LogP contribution in [0.2, 0.25) is 0 Å². The Morgan fingerprint density at radius 2 is 0.400 bits per heavy atom. The smallest absolute Gasteiger partial charge is 0.870 e. The van der Waals surface area contributed by atoms with Crippen LogP contribution in [0.25, 0.3) is 0 Å². The maximum absolute atomic E-state index is 0. The fourth-order valence-corrected chi connectivity index (χ4v) is 0. The third-order valence-corrected chi connectivity index (χ3v) is 0. The molecule has 0 fully saturated rings. The minimum absolute atomic E-state index is 0. The van der Waals surface area contributed by atoms with E-state index in [0.29, 0.717) is 0 Å². The van der Waals surface area contributed by atoms with E-state index >= 15 is 0 Å². The third kappa shape index (κ3) is 5300. The zero-order valence-corrected chi connectivity index (χ0v) is 3.29. The van der Waals surface area contributed by atoms with Crippen LogP contribution in [0.4, 0.5) is 0 Å². The van der Waals surface area contributed by atoms with Gasteiger partial charge in [-0.25, -0.2) is 0 Å². The molecule has 4 N–H and O–H groups in total. The Kier molecular flexibility index (Phi) is 60300000. The Hall–Kier alpha value is 0.0569. The third-order valence-electron chi connectivity index (χ3n) is 0. The zero-order valence-electron chi connectivity index (χ0n) is 2.29. The second-order valence-corrected chi connectivity index (χ2v) is 0. The van der Waals surface area contributed by atoms with Crippen molar-refractivity contribution < 1.29 is 21.9 Å². The van der Waals surface area contributed by atoms with Crippen molar-refractivity contribution in [1.29, 1.82) is 0 Å². The van der Waals surface area contributed by atoms with E-state index in [0.717, 1.165) is 0 Å². The summed E-state index contributed by atoms with van der Waals surface area (Å²) < 4.78 is 0. The summed E-state index contributed by atoms with van der Waals surface area (Å²) in [4.78, 5) is 0. The van der Waals surface area contributed by atoms with Gasteiger partial charge < -0.3 is 21.9 Å². The van der Waals surface area contributed by atoms with Crippen molar-refractivity contribution in [3.63, 3.8) is 0 Å². The molecule has 4 nitrogen and oxygen atoms in total. The number of hydrogen-bond acceptors (Lipinski definition) is 4. The van der Waals surface area contributed by atoms with Gasteiger partial charge in [-0.05, 0) is 0 Å². The van der Waals surface area contributed by atoms with Gasteiger partial charge in [0.15, 0.2) is 0 Å². The molecule has 5 heteroatoms. The molecule has 0 heterocycles. The van der Waals surface area contributed by atoms with Crippen LogP contribution in [0.1, 0.15) is 0 Å². The first-order valence-electron chi connectivity index (χ1n) is 0. The summed E-state index contributed by atoms with van der Waals surface area (Å²) in [7, 11) is 0. The van der Waals surface area contributed by atoms with Gasteiger partial charge in [0.2, 0.25) is 0 Å². The molecule has 0 unspecified atom stereocenters. The van der Waals surface area contributed by atoms with Crippen molar-refractivity contribution in [2.75, 3.05) is 0 Å². The molecule has 0 amide bonds. The first kappa shape index (κ1) is 25700. The van der Waals surface area contributed by atoms with Gasteiger partial charge in [-0.15, -0.1) is 0 Å². The summed E-state index contributed by atoms with van der Waals surface area (Å²) >= 11 is 0. The molecule has 0 saturated heterocycles. The van der Waals surface area contributed by atoms with Crippen molar-refractivity contribution in [2.45, 2.75) is 0 Å². The number of hydrogen-bond donors (Lipinski definition) is 0. The summed E-state index contributed by atoms with van der Waals surface area (Å²) in [5.74, 6) is 0. The Balaban J connectivity index is 0. The van der Waals surface area contributed by atoms with Crippen molar-refractivity contribution in [1.82, 2.24) is 0 Å². The summed E-state index contributed by atoms with van der Waals surface area (Å²) in [5.41, 5.74) is 0. The van der Waals surface area contributed by atoms with Gasteiger partial charge >= 0.3 is 11.0 Å². The van der Waals surface area contributed by atoms with Crippen LogP contribution in [-0.2, 0) is 0 Å². The molecule has 0 aliphatic rings. The maximum atomic E-state index is 0. The van der Waals surface area contributed by atoms with Crippen LogP contribution in [0, 0.1) is 0 Å². The second-order valence-electron chi connectivity index (χ2n) is 0. The molecular weight excluding hydrogens is 92.1 g/mol. The standard InChI is InChI=1S/4H2O.Si/h4*1H2;/q;;;;+4/p-4. The molecule has 0 bridgehead atoms. The minimum atomic E-state index is 0. The molecule has 0 saturated carbocycles. The Labute approximate surface area is 34.1 Å². The largest absolute Gasteiger partial charge is 4.00 e. The average Bonchev–Trinajstić information content (AvgIpc) is 0. The Bertz CT molecular complexity index is 3.61.